The van der Waals surface area contributed by atoms with E-state index in [1.807, 2.05) is 0 Å². The minimum absolute atomic E-state index is 0.543. The van der Waals surface area contributed by atoms with Crippen molar-refractivity contribution in [2.45, 2.75) is 80.2 Å². The molecule has 0 aromatic carbocycles. The second-order valence-corrected chi connectivity index (χ2v) is 8.08. The van der Waals surface area contributed by atoms with Crippen LogP contribution in [-0.2, 0) is 0 Å². The summed E-state index contributed by atoms with van der Waals surface area (Å²) in [6.45, 7) is 21.8. The van der Waals surface area contributed by atoms with Crippen molar-refractivity contribution < 1.29 is 0 Å². The van der Waals surface area contributed by atoms with Crippen LogP contribution >= 0.6 is 0 Å². The van der Waals surface area contributed by atoms with Crippen LogP contribution in [0, 0.1) is 17.8 Å². The summed E-state index contributed by atoms with van der Waals surface area (Å²) in [5.41, 5.74) is 0. The van der Waals surface area contributed by atoms with Gasteiger partial charge in [0.1, 0.15) is 0 Å². The Bertz CT molecular complexity index is 291. The number of rotatable bonds is 6. The average molecular weight is 291 g/mol. The molecule has 3 unspecified atom stereocenters. The molecule has 1 fully saturated rings. The average Bonchev–Trinajstić information content (AvgIpc) is 2.43. The van der Waals surface area contributed by atoms with E-state index in [0.29, 0.717) is 42.6 Å². The Labute approximate surface area is 135 Å². The molecule has 0 radical (unpaired) electrons. The third-order valence-corrected chi connectivity index (χ3v) is 5.77. The molecular formula is C15H36B3N3. The van der Waals surface area contributed by atoms with Crippen LogP contribution in [0.4, 0.5) is 0 Å². The summed E-state index contributed by atoms with van der Waals surface area (Å²) in [6, 6.07) is 1.21. The largest absolute Gasteiger partial charge is 0.377 e. The summed E-state index contributed by atoms with van der Waals surface area (Å²) in [7, 11) is 2.03. The van der Waals surface area contributed by atoms with Crippen molar-refractivity contribution >= 4 is 22.1 Å². The maximum absolute atomic E-state index is 3.63. The van der Waals surface area contributed by atoms with E-state index in [0.717, 1.165) is 15.1 Å². The molecule has 1 rings (SSSR count). The maximum Gasteiger partial charge on any atom is 0.293 e. The molecule has 0 aromatic rings. The summed E-state index contributed by atoms with van der Waals surface area (Å²) in [4.78, 5) is 0. The Morgan fingerprint density at radius 1 is 0.667 bits per heavy atom. The third-order valence-electron chi connectivity index (χ3n) is 5.77. The summed E-state index contributed by atoms with van der Waals surface area (Å²) in [6.07, 6.45) is 0. The Balaban J connectivity index is 3.06. The lowest BCUT2D eigenvalue weighted by Gasteiger charge is -2.51. The molecule has 1 aliphatic heterocycles. The molecule has 3 atom stereocenters. The standard InChI is InChI=1S/C15H36B3N3/c1-10(2)13(7)18-20(14(8)11(3)4)16-19-17-21(18)15(9)12(5)6/h10-17,19H,1-9H3. The monoisotopic (exact) mass is 291 g/mol. The molecule has 120 valence electrons. The van der Waals surface area contributed by atoms with Crippen molar-refractivity contribution in [1.82, 2.24) is 14.6 Å². The van der Waals surface area contributed by atoms with Crippen molar-refractivity contribution in [2.24, 2.45) is 17.8 Å². The number of hydrogen-bond donors (Lipinski definition) is 1. The van der Waals surface area contributed by atoms with E-state index in [4.69, 9.17) is 0 Å². The van der Waals surface area contributed by atoms with Crippen LogP contribution in [0.5, 0.6) is 0 Å². The zero-order valence-corrected chi connectivity index (χ0v) is 15.9. The van der Waals surface area contributed by atoms with Gasteiger partial charge in [0.2, 0.25) is 0 Å². The first-order valence-corrected chi connectivity index (χ1v) is 8.90. The molecule has 0 spiro atoms. The highest BCUT2D eigenvalue weighted by atomic mass is 15.3. The van der Waals surface area contributed by atoms with Crippen LogP contribution in [0.25, 0.3) is 0 Å². The van der Waals surface area contributed by atoms with Gasteiger partial charge >= 0.3 is 0 Å². The summed E-state index contributed by atoms with van der Waals surface area (Å²) in [5, 5.41) is 3.63. The van der Waals surface area contributed by atoms with Crippen LogP contribution < -0.4 is 5.14 Å². The number of hydrogen-bond acceptors (Lipinski definition) is 3. The van der Waals surface area contributed by atoms with Crippen molar-refractivity contribution in [3.05, 3.63) is 0 Å². The molecule has 0 saturated carbocycles. The van der Waals surface area contributed by atoms with E-state index in [9.17, 15) is 0 Å². The normalized spacial score (nSPS) is 22.4. The van der Waals surface area contributed by atoms with Crippen LogP contribution in [0.3, 0.4) is 0 Å². The van der Waals surface area contributed by atoms with Crippen molar-refractivity contribution in [1.29, 1.82) is 0 Å². The molecule has 1 saturated heterocycles. The molecular weight excluding hydrogens is 255 g/mol. The molecule has 0 bridgehead atoms. The second-order valence-electron chi connectivity index (χ2n) is 8.08. The lowest BCUT2D eigenvalue weighted by molar-refractivity contribution is 0.305. The Kier molecular flexibility index (Phi) is 7.35. The van der Waals surface area contributed by atoms with Gasteiger partial charge in [-0.3, -0.25) is 0 Å². The molecule has 0 aliphatic carbocycles. The fourth-order valence-electron chi connectivity index (χ4n) is 3.17. The molecule has 6 heteroatoms. The van der Waals surface area contributed by atoms with Crippen LogP contribution in [0.15, 0.2) is 0 Å². The van der Waals surface area contributed by atoms with Gasteiger partial charge in [-0.1, -0.05) is 62.3 Å². The van der Waals surface area contributed by atoms with Gasteiger partial charge in [-0.25, -0.2) is 0 Å². The predicted molar refractivity (Wildman–Crippen MR) is 99.7 cm³/mol. The highest BCUT2D eigenvalue weighted by Crippen LogP contribution is 2.30. The number of nitrogens with one attached hydrogen (secondary N) is 1. The molecule has 0 amide bonds. The minimum Gasteiger partial charge on any atom is -0.377 e. The van der Waals surface area contributed by atoms with Crippen molar-refractivity contribution in [3.63, 3.8) is 0 Å². The smallest absolute Gasteiger partial charge is 0.293 e. The van der Waals surface area contributed by atoms with Crippen molar-refractivity contribution in [3.8, 4) is 0 Å². The van der Waals surface area contributed by atoms with E-state index >= 15 is 0 Å². The second kappa shape index (κ2) is 8.08. The minimum atomic E-state index is 0.543. The first-order valence-electron chi connectivity index (χ1n) is 8.90. The van der Waals surface area contributed by atoms with Gasteiger partial charge in [0.15, 0.2) is 0 Å². The Morgan fingerprint density at radius 2 is 1.05 bits per heavy atom. The fourth-order valence-corrected chi connectivity index (χ4v) is 3.17. The topological polar surface area (TPSA) is 18.5 Å². The van der Waals surface area contributed by atoms with Crippen molar-refractivity contribution in [2.75, 3.05) is 0 Å². The van der Waals surface area contributed by atoms with Gasteiger partial charge in [0, 0.05) is 0 Å². The quantitative estimate of drug-likeness (QED) is 0.758. The van der Waals surface area contributed by atoms with Gasteiger partial charge in [-0.05, 0) is 35.7 Å². The Hall–Kier alpha value is 0.0748. The summed E-state index contributed by atoms with van der Waals surface area (Å²) in [5.74, 6) is 2.75. The van der Waals surface area contributed by atoms with Gasteiger partial charge in [0.25, 0.3) is 22.1 Å². The van der Waals surface area contributed by atoms with Crippen LogP contribution in [-0.4, -0.2) is 43.6 Å². The van der Waals surface area contributed by atoms with Gasteiger partial charge in [-0.15, -0.1) is 0 Å². The SMILES string of the molecule is CC(C)C(C)B1N(C(C)C(C)C)BNBN1C(C)C(C)C. The van der Waals surface area contributed by atoms with E-state index in [1.165, 1.54) is 0 Å². The predicted octanol–water partition coefficient (Wildman–Crippen LogP) is 2.35. The lowest BCUT2D eigenvalue weighted by atomic mass is 9.47. The Morgan fingerprint density at radius 3 is 1.33 bits per heavy atom. The zero-order chi connectivity index (χ0) is 16.3. The maximum atomic E-state index is 3.63. The van der Waals surface area contributed by atoms with E-state index in [2.05, 4.69) is 76.9 Å². The zero-order valence-electron chi connectivity index (χ0n) is 15.9. The molecule has 0 aromatic heterocycles. The van der Waals surface area contributed by atoms with Gasteiger partial charge < -0.3 is 14.6 Å². The molecule has 21 heavy (non-hydrogen) atoms. The highest BCUT2D eigenvalue weighted by Gasteiger charge is 2.44. The summed E-state index contributed by atoms with van der Waals surface area (Å²) < 4.78 is 5.38. The molecule has 1 heterocycles. The van der Waals surface area contributed by atoms with Crippen LogP contribution in [0.1, 0.15) is 62.3 Å². The summed E-state index contributed by atoms with van der Waals surface area (Å²) >= 11 is 0. The lowest BCUT2D eigenvalue weighted by Crippen LogP contribution is -2.72. The highest BCUT2D eigenvalue weighted by molar-refractivity contribution is 6.75. The number of nitrogens with zero attached hydrogens (tertiary/aromatic N) is 2. The fraction of sp³-hybridized carbons (Fsp3) is 1.00. The first-order chi connectivity index (χ1) is 9.68. The first kappa shape index (κ1) is 19.1. The van der Waals surface area contributed by atoms with E-state index in [1.54, 1.807) is 0 Å². The third kappa shape index (κ3) is 4.52. The van der Waals surface area contributed by atoms with Crippen LogP contribution in [0.2, 0.25) is 5.82 Å². The van der Waals surface area contributed by atoms with Gasteiger partial charge in [-0.2, -0.15) is 0 Å². The molecule has 1 N–H and O–H groups in total. The van der Waals surface area contributed by atoms with E-state index < -0.39 is 0 Å². The molecule has 3 nitrogen and oxygen atoms in total. The van der Waals surface area contributed by atoms with E-state index in [-0.39, 0.29) is 0 Å². The molecule has 1 aliphatic rings. The van der Waals surface area contributed by atoms with Gasteiger partial charge in [0.05, 0.1) is 0 Å².